The van der Waals surface area contributed by atoms with E-state index in [1.807, 2.05) is 13.8 Å². The van der Waals surface area contributed by atoms with Gasteiger partial charge in [0.2, 0.25) is 5.54 Å². The van der Waals surface area contributed by atoms with E-state index in [0.29, 0.717) is 18.1 Å². The molecule has 0 rings (SSSR count). The van der Waals surface area contributed by atoms with Gasteiger partial charge in [-0.25, -0.2) is 11.4 Å². The van der Waals surface area contributed by atoms with Crippen LogP contribution >= 0.6 is 0 Å². The van der Waals surface area contributed by atoms with Crippen LogP contribution in [0.4, 0.5) is 0 Å². The summed E-state index contributed by atoms with van der Waals surface area (Å²) < 4.78 is 5.06. The number of nitrogens with zero attached hydrogens (tertiary/aromatic N) is 1. The second-order valence-electron chi connectivity index (χ2n) is 5.63. The average molecular weight is 251 g/mol. The molecule has 0 aliphatic heterocycles. The molecule has 3 heteroatoms. The number of carbonyl (C=O) groups excluding carboxylic acids is 1. The first-order valence-electron chi connectivity index (χ1n) is 6.50. The summed E-state index contributed by atoms with van der Waals surface area (Å²) in [6, 6.07) is 0. The summed E-state index contributed by atoms with van der Waals surface area (Å²) in [5.74, 6) is 0.209. The lowest BCUT2D eigenvalue weighted by Gasteiger charge is -2.14. The lowest BCUT2D eigenvalue weighted by atomic mass is 9.94. The summed E-state index contributed by atoms with van der Waals surface area (Å²) in [6.07, 6.45) is 3.92. The van der Waals surface area contributed by atoms with Crippen molar-refractivity contribution in [1.29, 1.82) is 0 Å². The smallest absolute Gasteiger partial charge is 0.333 e. The van der Waals surface area contributed by atoms with Gasteiger partial charge in [-0.05, 0) is 25.7 Å². The van der Waals surface area contributed by atoms with Gasteiger partial charge in [0.05, 0.1) is 6.61 Å². The summed E-state index contributed by atoms with van der Waals surface area (Å²) in [6.45, 7) is 18.8. The molecule has 0 saturated carbocycles. The average Bonchev–Trinajstić information content (AvgIpc) is 2.28. The molecule has 1 unspecified atom stereocenters. The molecule has 0 aliphatic rings. The molecule has 102 valence electrons. The van der Waals surface area contributed by atoms with Gasteiger partial charge in [-0.1, -0.05) is 19.9 Å². The Morgan fingerprint density at radius 2 is 2.06 bits per heavy atom. The molecule has 1 atom stereocenters. The fraction of sp³-hybridized carbons (Fsp3) is 0.733. The van der Waals surface area contributed by atoms with Gasteiger partial charge in [-0.3, -0.25) is 0 Å². The standard InChI is InChI=1S/C15H25NO2/c1-12(2)14(17)18-11-9-13(3)8-7-10-15(4,5)16-6/h13H,1,7-11H2,2-5H3. The third-order valence-corrected chi connectivity index (χ3v) is 2.98. The van der Waals surface area contributed by atoms with Gasteiger partial charge in [-0.2, -0.15) is 0 Å². The minimum atomic E-state index is -0.309. The molecule has 0 heterocycles. The maximum Gasteiger partial charge on any atom is 0.333 e. The van der Waals surface area contributed by atoms with Crippen molar-refractivity contribution >= 4 is 5.97 Å². The van der Waals surface area contributed by atoms with Crippen LogP contribution in [0.1, 0.15) is 53.4 Å². The molecular formula is C15H25NO2. The molecule has 3 nitrogen and oxygen atoms in total. The van der Waals surface area contributed by atoms with Crippen molar-refractivity contribution in [2.75, 3.05) is 6.61 Å². The van der Waals surface area contributed by atoms with Crippen molar-refractivity contribution in [3.05, 3.63) is 23.6 Å². The van der Waals surface area contributed by atoms with Crippen LogP contribution in [-0.4, -0.2) is 18.1 Å². The van der Waals surface area contributed by atoms with Gasteiger partial charge >= 0.3 is 5.97 Å². The van der Waals surface area contributed by atoms with E-state index in [9.17, 15) is 4.79 Å². The Hall–Kier alpha value is -1.30. The molecule has 0 radical (unpaired) electrons. The first-order chi connectivity index (χ1) is 8.28. The molecule has 0 bridgehead atoms. The Labute approximate surface area is 111 Å². The molecule has 0 fully saturated rings. The molecular weight excluding hydrogens is 226 g/mol. The molecule has 0 aromatic heterocycles. The largest absolute Gasteiger partial charge is 0.462 e. The van der Waals surface area contributed by atoms with Crippen LogP contribution in [-0.2, 0) is 9.53 Å². The summed E-state index contributed by atoms with van der Waals surface area (Å²) >= 11 is 0. The van der Waals surface area contributed by atoms with Crippen molar-refractivity contribution in [2.24, 2.45) is 5.92 Å². The van der Waals surface area contributed by atoms with Gasteiger partial charge in [0.15, 0.2) is 0 Å². The van der Waals surface area contributed by atoms with Crippen molar-refractivity contribution in [2.45, 2.75) is 58.9 Å². The van der Waals surface area contributed by atoms with E-state index >= 15 is 0 Å². The zero-order valence-electron chi connectivity index (χ0n) is 12.1. The van der Waals surface area contributed by atoms with Crippen LogP contribution in [0.25, 0.3) is 4.85 Å². The highest BCUT2D eigenvalue weighted by molar-refractivity contribution is 5.86. The maximum absolute atomic E-state index is 11.2. The highest BCUT2D eigenvalue weighted by Crippen LogP contribution is 2.20. The number of esters is 1. The second kappa shape index (κ2) is 7.92. The van der Waals surface area contributed by atoms with Crippen LogP contribution in [0.2, 0.25) is 0 Å². The number of rotatable bonds is 8. The molecule has 0 saturated heterocycles. The summed E-state index contributed by atoms with van der Waals surface area (Å²) in [5, 5.41) is 0. The SMILES string of the molecule is [C-]#[N+]C(C)(C)CCCC(C)CCOC(=O)C(=C)C. The molecule has 18 heavy (non-hydrogen) atoms. The molecule has 0 spiro atoms. The minimum absolute atomic E-state index is 0.244. The topological polar surface area (TPSA) is 30.7 Å². The molecule has 0 N–H and O–H groups in total. The third kappa shape index (κ3) is 7.89. The van der Waals surface area contributed by atoms with Crippen molar-refractivity contribution < 1.29 is 9.53 Å². The Morgan fingerprint density at radius 3 is 2.56 bits per heavy atom. The zero-order valence-corrected chi connectivity index (χ0v) is 12.1. The number of hydrogen-bond acceptors (Lipinski definition) is 2. The summed E-state index contributed by atoms with van der Waals surface area (Å²) in [4.78, 5) is 14.7. The Morgan fingerprint density at radius 1 is 1.44 bits per heavy atom. The molecule has 0 aliphatic carbocycles. The fourth-order valence-corrected chi connectivity index (χ4v) is 1.56. The van der Waals surface area contributed by atoms with Crippen LogP contribution in [0.15, 0.2) is 12.2 Å². The van der Waals surface area contributed by atoms with Crippen LogP contribution in [0, 0.1) is 12.5 Å². The summed E-state index contributed by atoms with van der Waals surface area (Å²) in [5.41, 5.74) is 0.202. The lowest BCUT2D eigenvalue weighted by molar-refractivity contribution is -0.139. The van der Waals surface area contributed by atoms with E-state index in [1.165, 1.54) is 0 Å². The molecule has 0 amide bonds. The maximum atomic E-state index is 11.2. The van der Waals surface area contributed by atoms with E-state index in [-0.39, 0.29) is 11.5 Å². The Bertz CT molecular complexity index is 326. The fourth-order valence-electron chi connectivity index (χ4n) is 1.56. The van der Waals surface area contributed by atoms with Crippen LogP contribution < -0.4 is 0 Å². The highest BCUT2D eigenvalue weighted by Gasteiger charge is 2.21. The second-order valence-corrected chi connectivity index (χ2v) is 5.63. The number of carbonyl (C=O) groups is 1. The van der Waals surface area contributed by atoms with Gasteiger partial charge in [0.25, 0.3) is 0 Å². The third-order valence-electron chi connectivity index (χ3n) is 2.98. The van der Waals surface area contributed by atoms with Crippen LogP contribution in [0.3, 0.4) is 0 Å². The van der Waals surface area contributed by atoms with Crippen molar-refractivity contribution in [3.63, 3.8) is 0 Å². The normalized spacial score (nSPS) is 12.6. The highest BCUT2D eigenvalue weighted by atomic mass is 16.5. The van der Waals surface area contributed by atoms with E-state index in [4.69, 9.17) is 11.3 Å². The monoisotopic (exact) mass is 251 g/mol. The predicted octanol–water partition coefficient (Wildman–Crippen LogP) is 4.00. The van der Waals surface area contributed by atoms with Gasteiger partial charge in [0.1, 0.15) is 0 Å². The van der Waals surface area contributed by atoms with E-state index in [0.717, 1.165) is 25.7 Å². The number of hydrogen-bond donors (Lipinski definition) is 0. The first kappa shape index (κ1) is 16.7. The Balaban J connectivity index is 3.67. The van der Waals surface area contributed by atoms with Gasteiger partial charge in [-0.15, -0.1) is 0 Å². The zero-order chi connectivity index (χ0) is 14.2. The molecule has 0 aromatic carbocycles. The van der Waals surface area contributed by atoms with Crippen LogP contribution in [0.5, 0.6) is 0 Å². The van der Waals surface area contributed by atoms with Crippen molar-refractivity contribution in [3.8, 4) is 0 Å². The number of ether oxygens (including phenoxy) is 1. The van der Waals surface area contributed by atoms with E-state index in [2.05, 4.69) is 18.3 Å². The molecule has 0 aromatic rings. The quantitative estimate of drug-likeness (QED) is 0.371. The predicted molar refractivity (Wildman–Crippen MR) is 74.1 cm³/mol. The summed E-state index contributed by atoms with van der Waals surface area (Å²) in [7, 11) is 0. The lowest BCUT2D eigenvalue weighted by Crippen LogP contribution is -2.14. The van der Waals surface area contributed by atoms with Gasteiger partial charge in [0, 0.05) is 25.8 Å². The Kier molecular flexibility index (Phi) is 7.35. The minimum Gasteiger partial charge on any atom is -0.462 e. The van der Waals surface area contributed by atoms with Gasteiger partial charge < -0.3 is 9.58 Å². The van der Waals surface area contributed by atoms with Crippen molar-refractivity contribution in [1.82, 2.24) is 0 Å². The van der Waals surface area contributed by atoms with E-state index < -0.39 is 0 Å². The first-order valence-corrected chi connectivity index (χ1v) is 6.50. The van der Waals surface area contributed by atoms with E-state index in [1.54, 1.807) is 6.92 Å².